The summed E-state index contributed by atoms with van der Waals surface area (Å²) in [5, 5.41) is 3.02. The third-order valence-corrected chi connectivity index (χ3v) is 4.28. The fourth-order valence-electron chi connectivity index (χ4n) is 3.13. The van der Waals surface area contributed by atoms with Crippen molar-refractivity contribution in [2.75, 3.05) is 43.4 Å². The number of fused-ring (bicyclic) bond motifs is 1. The fourth-order valence-corrected chi connectivity index (χ4v) is 3.13. The molecule has 0 radical (unpaired) electrons. The van der Waals surface area contributed by atoms with E-state index < -0.39 is 0 Å². The topological polar surface area (TPSA) is 73.0 Å². The minimum Gasteiger partial charge on any atom is -0.357 e. The third-order valence-electron chi connectivity index (χ3n) is 4.28. The second-order valence-electron chi connectivity index (χ2n) is 5.33. The number of rotatable bonds is 5. The molecule has 1 atom stereocenters. The zero-order chi connectivity index (χ0) is 14.8. The monoisotopic (exact) mass is 289 g/mol. The van der Waals surface area contributed by atoms with Gasteiger partial charge in [0.25, 0.3) is 0 Å². The normalized spacial score (nSPS) is 18.9. The molecule has 114 valence electrons. The average molecular weight is 289 g/mol. The molecule has 0 spiro atoms. The number of aromatic nitrogens is 4. The van der Waals surface area contributed by atoms with Gasteiger partial charge in [-0.2, -0.15) is 9.97 Å². The Morgan fingerprint density at radius 3 is 2.90 bits per heavy atom. The molecule has 0 amide bonds. The lowest BCUT2D eigenvalue weighted by molar-refractivity contribution is 0.232. The molecule has 0 aromatic carbocycles. The van der Waals surface area contributed by atoms with Crippen LogP contribution in [-0.2, 0) is 0 Å². The van der Waals surface area contributed by atoms with Crippen LogP contribution in [0.2, 0.25) is 0 Å². The highest BCUT2D eigenvalue weighted by Crippen LogP contribution is 2.27. The molecule has 1 aliphatic rings. The van der Waals surface area contributed by atoms with Crippen LogP contribution >= 0.6 is 0 Å². The van der Waals surface area contributed by atoms with Gasteiger partial charge >= 0.3 is 0 Å². The molecule has 7 heteroatoms. The van der Waals surface area contributed by atoms with Crippen LogP contribution in [0.4, 0.5) is 11.8 Å². The van der Waals surface area contributed by atoms with Crippen molar-refractivity contribution < 1.29 is 0 Å². The van der Waals surface area contributed by atoms with Gasteiger partial charge in [0, 0.05) is 26.2 Å². The zero-order valence-corrected chi connectivity index (χ0v) is 12.9. The van der Waals surface area contributed by atoms with Crippen LogP contribution in [0.15, 0.2) is 6.33 Å². The third kappa shape index (κ3) is 2.53. The SMILES string of the molecule is CCN(CC)C1CCN(c2nc(NC)nc3nc[nH]c23)C1. The summed E-state index contributed by atoms with van der Waals surface area (Å²) in [7, 11) is 1.83. The van der Waals surface area contributed by atoms with Crippen molar-refractivity contribution in [1.82, 2.24) is 24.8 Å². The van der Waals surface area contributed by atoms with Gasteiger partial charge in [-0.3, -0.25) is 4.90 Å². The van der Waals surface area contributed by atoms with E-state index in [2.05, 4.69) is 48.9 Å². The first-order chi connectivity index (χ1) is 10.3. The van der Waals surface area contributed by atoms with E-state index in [0.29, 0.717) is 12.0 Å². The van der Waals surface area contributed by atoms with Gasteiger partial charge in [-0.05, 0) is 19.5 Å². The maximum atomic E-state index is 4.63. The van der Waals surface area contributed by atoms with Crippen LogP contribution in [-0.4, -0.2) is 64.1 Å². The van der Waals surface area contributed by atoms with E-state index in [-0.39, 0.29) is 0 Å². The second kappa shape index (κ2) is 5.85. The Hall–Kier alpha value is -1.89. The first-order valence-corrected chi connectivity index (χ1v) is 7.64. The smallest absolute Gasteiger partial charge is 0.226 e. The van der Waals surface area contributed by atoms with Crippen molar-refractivity contribution in [2.45, 2.75) is 26.3 Å². The number of likely N-dealkylation sites (N-methyl/N-ethyl adjacent to an activating group) is 1. The molecule has 3 heterocycles. The summed E-state index contributed by atoms with van der Waals surface area (Å²) in [6, 6.07) is 0.603. The van der Waals surface area contributed by atoms with Crippen LogP contribution in [0.5, 0.6) is 0 Å². The molecule has 0 aliphatic carbocycles. The first-order valence-electron chi connectivity index (χ1n) is 7.64. The zero-order valence-electron chi connectivity index (χ0n) is 12.9. The van der Waals surface area contributed by atoms with Crippen molar-refractivity contribution in [3.8, 4) is 0 Å². The van der Waals surface area contributed by atoms with Gasteiger partial charge in [-0.1, -0.05) is 13.8 Å². The van der Waals surface area contributed by atoms with E-state index in [1.54, 1.807) is 6.33 Å². The van der Waals surface area contributed by atoms with Crippen LogP contribution < -0.4 is 10.2 Å². The van der Waals surface area contributed by atoms with E-state index >= 15 is 0 Å². The quantitative estimate of drug-likeness (QED) is 0.865. The van der Waals surface area contributed by atoms with Crippen molar-refractivity contribution in [3.63, 3.8) is 0 Å². The van der Waals surface area contributed by atoms with E-state index in [1.165, 1.54) is 6.42 Å². The maximum Gasteiger partial charge on any atom is 0.226 e. The predicted molar refractivity (Wildman–Crippen MR) is 84.8 cm³/mol. The lowest BCUT2D eigenvalue weighted by atomic mass is 10.2. The van der Waals surface area contributed by atoms with Crippen LogP contribution in [0.1, 0.15) is 20.3 Å². The summed E-state index contributed by atoms with van der Waals surface area (Å²) < 4.78 is 0. The molecule has 1 unspecified atom stereocenters. The minimum absolute atomic E-state index is 0.603. The van der Waals surface area contributed by atoms with E-state index in [0.717, 1.165) is 43.2 Å². The fraction of sp³-hybridized carbons (Fsp3) is 0.643. The summed E-state index contributed by atoms with van der Waals surface area (Å²) in [5.74, 6) is 1.58. The average Bonchev–Trinajstić information content (AvgIpc) is 3.16. The molecule has 7 nitrogen and oxygen atoms in total. The number of hydrogen-bond donors (Lipinski definition) is 2. The van der Waals surface area contributed by atoms with Crippen LogP contribution in [0.25, 0.3) is 11.2 Å². The van der Waals surface area contributed by atoms with Gasteiger partial charge < -0.3 is 15.2 Å². The number of hydrogen-bond acceptors (Lipinski definition) is 6. The molecular weight excluding hydrogens is 266 g/mol. The summed E-state index contributed by atoms with van der Waals surface area (Å²) in [6.45, 7) is 8.68. The van der Waals surface area contributed by atoms with Gasteiger partial charge in [0.2, 0.25) is 5.95 Å². The Morgan fingerprint density at radius 2 is 2.19 bits per heavy atom. The van der Waals surface area contributed by atoms with Gasteiger partial charge in [0.05, 0.1) is 6.33 Å². The minimum atomic E-state index is 0.603. The van der Waals surface area contributed by atoms with Gasteiger partial charge in [-0.15, -0.1) is 0 Å². The van der Waals surface area contributed by atoms with E-state index in [1.807, 2.05) is 7.05 Å². The van der Waals surface area contributed by atoms with Crippen LogP contribution in [0, 0.1) is 0 Å². The Morgan fingerprint density at radius 1 is 1.38 bits per heavy atom. The predicted octanol–water partition coefficient (Wildman–Crippen LogP) is 1.32. The Bertz CT molecular complexity index is 604. The van der Waals surface area contributed by atoms with Gasteiger partial charge in [0.1, 0.15) is 5.52 Å². The molecule has 2 aromatic rings. The molecule has 1 aliphatic heterocycles. The molecule has 1 fully saturated rings. The molecular formula is C14H23N7. The lowest BCUT2D eigenvalue weighted by Crippen LogP contribution is -2.37. The molecule has 21 heavy (non-hydrogen) atoms. The molecule has 0 bridgehead atoms. The highest BCUT2D eigenvalue weighted by atomic mass is 15.3. The first kappa shape index (κ1) is 14.1. The number of aromatic amines is 1. The Kier molecular flexibility index (Phi) is 3.92. The lowest BCUT2D eigenvalue weighted by Gasteiger charge is -2.26. The highest BCUT2D eigenvalue weighted by Gasteiger charge is 2.28. The molecule has 2 aromatic heterocycles. The van der Waals surface area contributed by atoms with Crippen molar-refractivity contribution in [1.29, 1.82) is 0 Å². The number of H-pyrrole nitrogens is 1. The molecule has 2 N–H and O–H groups in total. The van der Waals surface area contributed by atoms with Crippen molar-refractivity contribution in [3.05, 3.63) is 6.33 Å². The second-order valence-corrected chi connectivity index (χ2v) is 5.33. The van der Waals surface area contributed by atoms with Gasteiger partial charge in [-0.25, -0.2) is 4.98 Å². The highest BCUT2D eigenvalue weighted by molar-refractivity contribution is 5.84. The van der Waals surface area contributed by atoms with E-state index in [4.69, 9.17) is 0 Å². The van der Waals surface area contributed by atoms with Crippen molar-refractivity contribution >= 4 is 22.9 Å². The summed E-state index contributed by atoms with van der Waals surface area (Å²) in [5.41, 5.74) is 1.64. The Labute approximate surface area is 124 Å². The number of nitrogens with zero attached hydrogens (tertiary/aromatic N) is 5. The summed E-state index contributed by atoms with van der Waals surface area (Å²) in [4.78, 5) is 21.3. The summed E-state index contributed by atoms with van der Waals surface area (Å²) in [6.07, 6.45) is 2.86. The number of imidazole rings is 1. The number of anilines is 2. The van der Waals surface area contributed by atoms with E-state index in [9.17, 15) is 0 Å². The van der Waals surface area contributed by atoms with Crippen molar-refractivity contribution in [2.24, 2.45) is 0 Å². The maximum absolute atomic E-state index is 4.63. The standard InChI is InChI=1S/C14H23N7/c1-4-20(5-2)10-6-7-21(8-10)13-11-12(17-9-16-11)18-14(15-3)19-13/h9-10H,4-8H2,1-3H3,(H2,15,16,17,18,19). The van der Waals surface area contributed by atoms with Crippen LogP contribution in [0.3, 0.4) is 0 Å². The van der Waals surface area contributed by atoms with Gasteiger partial charge in [0.15, 0.2) is 11.5 Å². The molecule has 0 saturated carbocycles. The molecule has 1 saturated heterocycles. The number of nitrogens with one attached hydrogen (secondary N) is 2. The largest absolute Gasteiger partial charge is 0.357 e. The Balaban J connectivity index is 1.89. The molecule has 3 rings (SSSR count). The summed E-state index contributed by atoms with van der Waals surface area (Å²) >= 11 is 0.